The zero-order chi connectivity index (χ0) is 98.1. The normalized spacial score (nSPS) is 11.7. The molecule has 0 amide bonds. The van der Waals surface area contributed by atoms with Gasteiger partial charge in [0.15, 0.2) is 23.1 Å². The highest BCUT2D eigenvalue weighted by Gasteiger charge is 2.44. The molecule has 0 saturated carbocycles. The molecule has 0 N–H and O–H groups in total. The van der Waals surface area contributed by atoms with Gasteiger partial charge in [0.05, 0.1) is 52.6 Å². The van der Waals surface area contributed by atoms with Crippen molar-refractivity contribution < 1.29 is 94.7 Å². The number of Topliss-reactive ketones (excluding diaryl/α,β-unsaturated/α-hetero) is 4. The lowest BCUT2D eigenvalue weighted by molar-refractivity contribution is -0.152. The van der Waals surface area contributed by atoms with Crippen molar-refractivity contribution in [3.05, 3.63) is 378 Å². The summed E-state index contributed by atoms with van der Waals surface area (Å²) in [6, 6.07) is 73.5. The monoisotopic (exact) mass is 1900 g/mol. The first kappa shape index (κ1) is 102. The second-order valence-corrected chi connectivity index (χ2v) is 44.5. The van der Waals surface area contributed by atoms with E-state index in [1.807, 2.05) is 0 Å². The fourth-order valence-corrected chi connectivity index (χ4v) is 28.6. The molecule has 0 atom stereocenters. The van der Waals surface area contributed by atoms with E-state index in [1.165, 1.54) is 9.80 Å². The Bertz CT molecular complexity index is 5840. The molecule has 698 valence electrons. The number of esters is 4. The van der Waals surface area contributed by atoms with E-state index in [1.54, 1.807) is 350 Å². The smallest absolute Gasteiger partial charge is 0.320 e. The summed E-state index contributed by atoms with van der Waals surface area (Å²) in [4.78, 5) is 179. The Kier molecular flexibility index (Phi) is 33.6. The van der Waals surface area contributed by atoms with Gasteiger partial charge in [0.2, 0.25) is 50.7 Å². The van der Waals surface area contributed by atoms with E-state index < -0.39 is 176 Å². The van der Waals surface area contributed by atoms with Crippen LogP contribution in [0.4, 0.5) is 0 Å². The summed E-state index contributed by atoms with van der Waals surface area (Å²) in [5, 5.41) is 2.33. The van der Waals surface area contributed by atoms with Crippen molar-refractivity contribution in [1.29, 1.82) is 0 Å². The molecule has 12 rings (SSSR count). The molecule has 0 aromatic heterocycles. The highest BCUT2D eigenvalue weighted by atomic mass is 31.2. The Balaban J connectivity index is 0.808. The van der Waals surface area contributed by atoms with Crippen LogP contribution in [0.2, 0.25) is 0 Å². The maximum Gasteiger partial charge on any atom is 0.320 e. The van der Waals surface area contributed by atoms with Gasteiger partial charge in [0, 0.05) is 126 Å². The zero-order valence-corrected chi connectivity index (χ0v) is 81.7. The highest BCUT2D eigenvalue weighted by Crippen LogP contribution is 2.53. The van der Waals surface area contributed by atoms with Gasteiger partial charge in [0.1, 0.15) is 0 Å². The van der Waals surface area contributed by atoms with Crippen molar-refractivity contribution in [2.45, 2.75) is 109 Å². The summed E-state index contributed by atoms with van der Waals surface area (Å²) >= 11 is 0. The van der Waals surface area contributed by atoms with Gasteiger partial charge in [-0.2, -0.15) is 0 Å². The third kappa shape index (κ3) is 22.1. The molecule has 0 heterocycles. The SMILES string of the molecule is Cc1cc(C)c(C(=O)P(=O)(c2ccccc2)c2ccccc2)c(C)c1C(=O)CCOC(=O)CN(CCN(CC(=O)OCCC(=O)c1c(C)cc(C)c(C(=O)P(=O)(c2ccccc2)c2ccccc2)c1C)CC(=O)OCCC(=O)c1c(C)cc(C)c(C(=O)P(=O)(c2ccccc2)c2ccccc2)c1C)CC(=O)OCCC(=O)c1c(C)cc(C)c(C(=O)P(=O)(c2ccccc2)c2ccccc2)c1C. The zero-order valence-electron chi connectivity index (χ0n) is 78.2. The second-order valence-electron chi connectivity index (χ2n) is 33.9. The number of hydrogen-bond acceptors (Lipinski definition) is 22. The van der Waals surface area contributed by atoms with Crippen LogP contribution >= 0.6 is 28.6 Å². The number of hydrogen-bond donors (Lipinski definition) is 0. The molecule has 0 aliphatic heterocycles. The van der Waals surface area contributed by atoms with Crippen molar-refractivity contribution in [1.82, 2.24) is 9.80 Å². The Labute approximate surface area is 792 Å². The van der Waals surface area contributed by atoms with Crippen LogP contribution in [0.3, 0.4) is 0 Å². The molecule has 12 aromatic rings. The van der Waals surface area contributed by atoms with Gasteiger partial charge < -0.3 is 37.2 Å². The van der Waals surface area contributed by atoms with Crippen molar-refractivity contribution >= 4 is 140 Å². The second kappa shape index (κ2) is 44.9. The lowest BCUT2D eigenvalue weighted by atomic mass is 9.91. The lowest BCUT2D eigenvalue weighted by Gasteiger charge is -2.26. The predicted octanol–water partition coefficient (Wildman–Crippen LogP) is 17.2. The number of ether oxygens (including phenoxy) is 4. The van der Waals surface area contributed by atoms with Crippen LogP contribution in [0.5, 0.6) is 0 Å². The van der Waals surface area contributed by atoms with Crippen LogP contribution in [-0.2, 0) is 56.4 Å². The third-order valence-electron chi connectivity index (χ3n) is 24.5. The van der Waals surface area contributed by atoms with Crippen LogP contribution in [0.25, 0.3) is 0 Å². The fraction of sp³-hybridized carbons (Fsp3) is 0.236. The summed E-state index contributed by atoms with van der Waals surface area (Å²) in [5.74, 6) is -6.05. The van der Waals surface area contributed by atoms with Crippen LogP contribution in [0.15, 0.2) is 267 Å². The first-order chi connectivity index (χ1) is 65.0. The van der Waals surface area contributed by atoms with E-state index in [4.69, 9.17) is 18.9 Å². The third-order valence-corrected chi connectivity index (χ3v) is 35.9. The van der Waals surface area contributed by atoms with Crippen LogP contribution < -0.4 is 42.4 Å². The number of carbonyl (C=O) groups excluding carboxylic acids is 12. The maximum absolute atomic E-state index is 15.5. The molecule has 22 nitrogen and oxygen atoms in total. The number of aryl methyl sites for hydroxylation is 8. The lowest BCUT2D eigenvalue weighted by Crippen LogP contribution is -2.44. The van der Waals surface area contributed by atoms with E-state index >= 15 is 37.4 Å². The van der Waals surface area contributed by atoms with Crippen molar-refractivity contribution in [3.63, 3.8) is 0 Å². The first-order valence-electron chi connectivity index (χ1n) is 44.7. The van der Waals surface area contributed by atoms with Crippen LogP contribution in [0, 0.1) is 83.1 Å². The van der Waals surface area contributed by atoms with E-state index in [9.17, 15) is 38.4 Å². The molecule has 0 bridgehead atoms. The minimum absolute atomic E-state index is 0.0875. The highest BCUT2D eigenvalue weighted by molar-refractivity contribution is 7.95. The Hall–Kier alpha value is -13.3. The molecular formula is C110H108N2O20P4. The molecule has 0 radical (unpaired) electrons. The minimum Gasteiger partial charge on any atom is -0.464 e. The van der Waals surface area contributed by atoms with Gasteiger partial charge in [-0.25, -0.2) is 0 Å². The summed E-state index contributed by atoms with van der Waals surface area (Å²) < 4.78 is 84.9. The van der Waals surface area contributed by atoms with Gasteiger partial charge in [-0.3, -0.25) is 67.3 Å². The predicted molar refractivity (Wildman–Crippen MR) is 531 cm³/mol. The average Bonchev–Trinajstić information content (AvgIpc) is 0.758. The molecule has 136 heavy (non-hydrogen) atoms. The summed E-state index contributed by atoms with van der Waals surface area (Å²) in [7, 11) is -16.3. The van der Waals surface area contributed by atoms with Gasteiger partial charge in [-0.05, 0) is 150 Å². The van der Waals surface area contributed by atoms with Gasteiger partial charge in [0.25, 0.3) is 0 Å². The molecule has 0 aliphatic carbocycles. The van der Waals surface area contributed by atoms with Crippen molar-refractivity contribution in [3.8, 4) is 0 Å². The fourth-order valence-electron chi connectivity index (χ4n) is 18.2. The number of rotatable bonds is 43. The standard InChI is InChI=1S/C110H108N2O20P4/c1-71-63-75(5)103(107(121)133(125,83-37-21-13-22-38-83)84-39-23-14-24-40-84)79(9)99(71)91(113)53-59-129-95(117)67-111(68-96(118)130-60-54-92(114)100-72(2)64-76(6)104(80(100)10)108(122)134(126,85-41-25-15-26-42-85)86-43-27-16-28-44-86)57-58-112(69-97(119)131-61-55-93(115)101-73(3)65-77(7)105(81(101)11)109(123)135(127,87-45-29-17-30-46-87)88-47-31-18-32-48-88)70-98(120)132-62-56-94(116)102-74(4)66-78(8)106(82(102)12)110(124)136(128,89-49-33-19-34-50-89)90-51-35-20-36-52-90/h13-52,63-66H,53-62,67-70H2,1-12H3. The first-order valence-corrected chi connectivity index (χ1v) is 51.5. The molecule has 0 fully saturated rings. The number of benzene rings is 12. The van der Waals surface area contributed by atoms with Crippen LogP contribution in [-0.4, -0.2) is 145 Å². The number of nitrogens with zero attached hydrogens (tertiary/aromatic N) is 2. The number of ketones is 4. The minimum atomic E-state index is -4.07. The molecule has 0 saturated heterocycles. The Morgan fingerprint density at radius 3 is 0.500 bits per heavy atom. The van der Waals surface area contributed by atoms with Crippen molar-refractivity contribution in [2.75, 3.05) is 65.7 Å². The molecular weight excluding hydrogens is 1790 g/mol. The topological polar surface area (TPSA) is 317 Å². The van der Waals surface area contributed by atoms with E-state index in [2.05, 4.69) is 0 Å². The summed E-state index contributed by atoms with van der Waals surface area (Å²) in [6.07, 6.45) is -1.69. The van der Waals surface area contributed by atoms with Gasteiger partial charge in [-0.1, -0.05) is 267 Å². The summed E-state index contributed by atoms with van der Waals surface area (Å²) in [5.41, 5.74) is 3.07. The van der Waals surface area contributed by atoms with Crippen molar-refractivity contribution in [2.24, 2.45) is 0 Å². The van der Waals surface area contributed by atoms with E-state index in [-0.39, 0.29) is 79.9 Å². The molecule has 0 aliphatic rings. The molecule has 26 heteroatoms. The molecule has 0 unspecified atom stereocenters. The molecule has 0 spiro atoms. The molecule has 12 aromatic carbocycles. The number of carbonyl (C=O) groups is 12. The van der Waals surface area contributed by atoms with E-state index in [0.29, 0.717) is 86.9 Å². The van der Waals surface area contributed by atoms with E-state index in [0.717, 1.165) is 0 Å². The largest absolute Gasteiger partial charge is 0.464 e. The Morgan fingerprint density at radius 1 is 0.213 bits per heavy atom. The quantitative estimate of drug-likeness (QED) is 0.0148. The average molecular weight is 1900 g/mol. The summed E-state index contributed by atoms with van der Waals surface area (Å²) in [6.45, 7) is 14.2. The van der Waals surface area contributed by atoms with Crippen LogP contribution in [0.1, 0.15) is 175 Å². The maximum atomic E-state index is 15.5. The Morgan fingerprint density at radius 2 is 0.353 bits per heavy atom. The van der Waals surface area contributed by atoms with Gasteiger partial charge >= 0.3 is 23.9 Å². The van der Waals surface area contributed by atoms with Gasteiger partial charge in [-0.15, -0.1) is 0 Å².